The van der Waals surface area contributed by atoms with Crippen molar-refractivity contribution < 1.29 is 14.0 Å². The van der Waals surface area contributed by atoms with Gasteiger partial charge in [0, 0.05) is 28.7 Å². The Morgan fingerprint density at radius 1 is 1.07 bits per heavy atom. The van der Waals surface area contributed by atoms with E-state index in [0.717, 1.165) is 16.8 Å². The highest BCUT2D eigenvalue weighted by atomic mass is 32.1. The van der Waals surface area contributed by atoms with Crippen molar-refractivity contribution in [3.05, 3.63) is 93.6 Å². The van der Waals surface area contributed by atoms with Gasteiger partial charge < -0.3 is 14.3 Å². The summed E-state index contributed by atoms with van der Waals surface area (Å²) in [5.41, 5.74) is 4.14. The van der Waals surface area contributed by atoms with Crippen LogP contribution in [0, 0.1) is 6.92 Å². The van der Waals surface area contributed by atoms with Crippen LogP contribution in [-0.4, -0.2) is 16.4 Å². The molecule has 0 saturated carbocycles. The van der Waals surface area contributed by atoms with Crippen LogP contribution in [0.1, 0.15) is 36.9 Å². The predicted molar refractivity (Wildman–Crippen MR) is 116 cm³/mol. The number of rotatable bonds is 3. The lowest BCUT2D eigenvalue weighted by molar-refractivity contribution is 0.0979. The molecule has 0 atom stereocenters. The molecule has 0 fully saturated rings. The van der Waals surface area contributed by atoms with Gasteiger partial charge in [0.05, 0.1) is 24.2 Å². The average Bonchev–Trinajstić information content (AvgIpc) is 3.47. The summed E-state index contributed by atoms with van der Waals surface area (Å²) in [4.78, 5) is 28.0. The Hall–Kier alpha value is -3.58. The SMILES string of the molecule is Cc1ccsc1C(=O)Nc1ccc(C(=O)N2Cc3cccn3Cc3ccoc32)cc1. The van der Waals surface area contributed by atoms with E-state index in [1.807, 2.05) is 42.8 Å². The van der Waals surface area contributed by atoms with Crippen molar-refractivity contribution in [1.82, 2.24) is 4.57 Å². The summed E-state index contributed by atoms with van der Waals surface area (Å²) in [6.45, 7) is 3.02. The predicted octanol–water partition coefficient (Wildman–Crippen LogP) is 4.91. The standard InChI is InChI=1S/C23H19N3O3S/c1-15-9-12-30-20(15)21(27)24-18-6-4-16(5-7-18)22(28)26-14-19-3-2-10-25(19)13-17-8-11-29-23(17)26/h2-12H,13-14H2,1H3,(H,24,27). The Labute approximate surface area is 177 Å². The van der Waals surface area contributed by atoms with Crippen molar-refractivity contribution in [3.8, 4) is 0 Å². The number of carbonyl (C=O) groups excluding carboxylic acids is 2. The lowest BCUT2D eigenvalue weighted by Crippen LogP contribution is -2.30. The van der Waals surface area contributed by atoms with E-state index in [-0.39, 0.29) is 11.8 Å². The van der Waals surface area contributed by atoms with Crippen molar-refractivity contribution in [3.63, 3.8) is 0 Å². The lowest BCUT2D eigenvalue weighted by Gasteiger charge is -2.19. The largest absolute Gasteiger partial charge is 0.448 e. The summed E-state index contributed by atoms with van der Waals surface area (Å²) in [5.74, 6) is 0.289. The van der Waals surface area contributed by atoms with Crippen LogP contribution >= 0.6 is 11.3 Å². The molecule has 5 rings (SSSR count). The number of amides is 2. The van der Waals surface area contributed by atoms with Crippen LogP contribution in [0.2, 0.25) is 0 Å². The summed E-state index contributed by atoms with van der Waals surface area (Å²) < 4.78 is 7.77. The molecule has 0 saturated heterocycles. The highest BCUT2D eigenvalue weighted by Gasteiger charge is 2.27. The zero-order valence-electron chi connectivity index (χ0n) is 16.3. The molecule has 1 N–H and O–H groups in total. The molecule has 0 radical (unpaired) electrons. The van der Waals surface area contributed by atoms with E-state index >= 15 is 0 Å². The molecule has 2 amide bonds. The molecule has 7 heteroatoms. The van der Waals surface area contributed by atoms with Crippen molar-refractivity contribution in [2.45, 2.75) is 20.0 Å². The fourth-order valence-electron chi connectivity index (χ4n) is 3.66. The quantitative estimate of drug-likeness (QED) is 0.515. The third-order valence-electron chi connectivity index (χ3n) is 5.26. The Balaban J connectivity index is 1.38. The van der Waals surface area contributed by atoms with Gasteiger partial charge in [-0.3, -0.25) is 14.5 Å². The van der Waals surface area contributed by atoms with Gasteiger partial charge >= 0.3 is 0 Å². The highest BCUT2D eigenvalue weighted by Crippen LogP contribution is 2.30. The molecule has 4 heterocycles. The number of anilines is 2. The fraction of sp³-hybridized carbons (Fsp3) is 0.130. The molecular weight excluding hydrogens is 398 g/mol. The number of fused-ring (bicyclic) bond motifs is 2. The summed E-state index contributed by atoms with van der Waals surface area (Å²) in [6.07, 6.45) is 3.62. The number of furan rings is 1. The molecule has 3 aromatic heterocycles. The maximum atomic E-state index is 13.3. The summed E-state index contributed by atoms with van der Waals surface area (Å²) >= 11 is 1.41. The van der Waals surface area contributed by atoms with Crippen LogP contribution in [0.25, 0.3) is 0 Å². The van der Waals surface area contributed by atoms with Gasteiger partial charge in [-0.15, -0.1) is 11.3 Å². The summed E-state index contributed by atoms with van der Waals surface area (Å²) in [7, 11) is 0. The van der Waals surface area contributed by atoms with E-state index in [1.54, 1.807) is 35.4 Å². The second kappa shape index (κ2) is 7.35. The number of thiophene rings is 1. The molecule has 4 aromatic rings. The molecule has 1 aliphatic rings. The second-order valence-electron chi connectivity index (χ2n) is 7.23. The molecule has 6 nitrogen and oxygen atoms in total. The normalized spacial score (nSPS) is 12.8. The first-order valence-corrected chi connectivity index (χ1v) is 10.5. The fourth-order valence-corrected chi connectivity index (χ4v) is 4.48. The first-order valence-electron chi connectivity index (χ1n) is 9.58. The van der Waals surface area contributed by atoms with E-state index in [1.165, 1.54) is 11.3 Å². The van der Waals surface area contributed by atoms with Crippen molar-refractivity contribution >= 4 is 34.7 Å². The third-order valence-corrected chi connectivity index (χ3v) is 6.27. The van der Waals surface area contributed by atoms with Crippen LogP contribution < -0.4 is 10.2 Å². The molecule has 1 aromatic carbocycles. The zero-order chi connectivity index (χ0) is 20.7. The number of aromatic nitrogens is 1. The van der Waals surface area contributed by atoms with Gasteiger partial charge in [0.1, 0.15) is 0 Å². The highest BCUT2D eigenvalue weighted by molar-refractivity contribution is 7.12. The maximum Gasteiger partial charge on any atom is 0.265 e. The molecule has 0 unspecified atom stereocenters. The first-order chi connectivity index (χ1) is 14.6. The van der Waals surface area contributed by atoms with Crippen LogP contribution in [0.4, 0.5) is 11.6 Å². The van der Waals surface area contributed by atoms with Gasteiger partial charge in [0.15, 0.2) is 0 Å². The van der Waals surface area contributed by atoms with Gasteiger partial charge in [-0.25, -0.2) is 0 Å². The van der Waals surface area contributed by atoms with Crippen LogP contribution in [0.15, 0.2) is 70.8 Å². The smallest absolute Gasteiger partial charge is 0.265 e. The van der Waals surface area contributed by atoms with Crippen molar-refractivity contribution in [1.29, 1.82) is 0 Å². The number of benzene rings is 1. The molecule has 0 aliphatic carbocycles. The minimum atomic E-state index is -0.146. The number of nitrogens with one attached hydrogen (secondary N) is 1. The molecular formula is C23H19N3O3S. The van der Waals surface area contributed by atoms with E-state index < -0.39 is 0 Å². The second-order valence-corrected chi connectivity index (χ2v) is 8.15. The van der Waals surface area contributed by atoms with E-state index in [0.29, 0.717) is 35.1 Å². The number of hydrogen-bond acceptors (Lipinski definition) is 4. The Bertz CT molecular complexity index is 1230. The Morgan fingerprint density at radius 2 is 1.90 bits per heavy atom. The Morgan fingerprint density at radius 3 is 2.67 bits per heavy atom. The number of carbonyl (C=O) groups is 2. The number of nitrogens with zero attached hydrogens (tertiary/aromatic N) is 2. The molecule has 0 bridgehead atoms. The first kappa shape index (κ1) is 18.4. The van der Waals surface area contributed by atoms with E-state index in [9.17, 15) is 9.59 Å². The summed E-state index contributed by atoms with van der Waals surface area (Å²) in [5, 5.41) is 4.78. The van der Waals surface area contributed by atoms with Gasteiger partial charge in [0.25, 0.3) is 11.8 Å². The van der Waals surface area contributed by atoms with Crippen molar-refractivity contribution in [2.24, 2.45) is 0 Å². The minimum absolute atomic E-state index is 0.143. The third kappa shape index (κ3) is 3.23. The maximum absolute atomic E-state index is 13.3. The number of aryl methyl sites for hydroxylation is 1. The summed E-state index contributed by atoms with van der Waals surface area (Å²) in [6, 6.07) is 14.8. The Kier molecular flexibility index (Phi) is 4.52. The van der Waals surface area contributed by atoms with Crippen molar-refractivity contribution in [2.75, 3.05) is 10.2 Å². The molecule has 150 valence electrons. The van der Waals surface area contributed by atoms with Gasteiger partial charge in [-0.05, 0) is 66.4 Å². The van der Waals surface area contributed by atoms with E-state index in [4.69, 9.17) is 4.42 Å². The van der Waals surface area contributed by atoms with Crippen LogP contribution in [0.3, 0.4) is 0 Å². The zero-order valence-corrected chi connectivity index (χ0v) is 17.1. The lowest BCUT2D eigenvalue weighted by atomic mass is 10.1. The molecule has 1 aliphatic heterocycles. The average molecular weight is 417 g/mol. The monoisotopic (exact) mass is 417 g/mol. The molecule has 30 heavy (non-hydrogen) atoms. The topological polar surface area (TPSA) is 67.5 Å². The van der Waals surface area contributed by atoms with Crippen LogP contribution in [-0.2, 0) is 13.1 Å². The van der Waals surface area contributed by atoms with Gasteiger partial charge in [-0.1, -0.05) is 0 Å². The van der Waals surface area contributed by atoms with E-state index in [2.05, 4.69) is 9.88 Å². The molecule has 0 spiro atoms. The van der Waals surface area contributed by atoms with Gasteiger partial charge in [-0.2, -0.15) is 0 Å². The number of hydrogen-bond donors (Lipinski definition) is 1. The van der Waals surface area contributed by atoms with Gasteiger partial charge in [0.2, 0.25) is 5.88 Å². The van der Waals surface area contributed by atoms with Crippen LogP contribution in [0.5, 0.6) is 0 Å². The minimum Gasteiger partial charge on any atom is -0.448 e.